The molecule has 3 nitrogen and oxygen atoms in total. The Balaban J connectivity index is 1.99. The number of aryl methyl sites for hydroxylation is 1. The Morgan fingerprint density at radius 3 is 2.39 bits per heavy atom. The lowest BCUT2D eigenvalue weighted by atomic mass is 10.0. The Hall–Kier alpha value is -1.74. The maximum atomic E-state index is 4.02. The highest BCUT2D eigenvalue weighted by molar-refractivity contribution is 5.24. The van der Waals surface area contributed by atoms with Crippen molar-refractivity contribution in [2.75, 3.05) is 0 Å². The Bertz CT molecular complexity index is 465. The van der Waals surface area contributed by atoms with Crippen LogP contribution >= 0.6 is 0 Å². The standard InChI is InChI=1S/C15H19N3/c1-3-15(14-6-4-12(2)5-7-14)18-10-13-8-16-11-17-9-13/h4-9,11,15,18H,3,10H2,1-2H3. The van der Waals surface area contributed by atoms with Crippen LogP contribution in [0.15, 0.2) is 43.0 Å². The lowest BCUT2D eigenvalue weighted by Crippen LogP contribution is -2.20. The molecule has 1 unspecified atom stereocenters. The number of hydrogen-bond acceptors (Lipinski definition) is 3. The minimum absolute atomic E-state index is 0.380. The topological polar surface area (TPSA) is 37.8 Å². The van der Waals surface area contributed by atoms with Crippen LogP contribution in [0.1, 0.15) is 36.1 Å². The van der Waals surface area contributed by atoms with Crippen molar-refractivity contribution in [3.05, 3.63) is 59.7 Å². The molecule has 1 atom stereocenters. The van der Waals surface area contributed by atoms with E-state index < -0.39 is 0 Å². The number of aromatic nitrogens is 2. The summed E-state index contributed by atoms with van der Waals surface area (Å²) in [5, 5.41) is 3.54. The van der Waals surface area contributed by atoms with Gasteiger partial charge in [0.1, 0.15) is 6.33 Å². The molecule has 0 amide bonds. The monoisotopic (exact) mass is 241 g/mol. The summed E-state index contributed by atoms with van der Waals surface area (Å²) in [6.07, 6.45) is 6.32. The summed E-state index contributed by atoms with van der Waals surface area (Å²) in [4.78, 5) is 8.04. The highest BCUT2D eigenvalue weighted by Gasteiger charge is 2.08. The zero-order chi connectivity index (χ0) is 12.8. The van der Waals surface area contributed by atoms with Gasteiger partial charge in [0.2, 0.25) is 0 Å². The molecule has 1 N–H and O–H groups in total. The molecule has 0 spiro atoms. The molecule has 1 aromatic carbocycles. The molecule has 0 bridgehead atoms. The summed E-state index contributed by atoms with van der Waals surface area (Å²) in [7, 11) is 0. The largest absolute Gasteiger partial charge is 0.306 e. The van der Waals surface area contributed by atoms with Crippen molar-refractivity contribution in [2.45, 2.75) is 32.9 Å². The molecule has 94 valence electrons. The Morgan fingerprint density at radius 2 is 1.78 bits per heavy atom. The molecular formula is C15H19N3. The summed E-state index contributed by atoms with van der Waals surface area (Å²) in [5.41, 5.74) is 3.74. The fourth-order valence-corrected chi connectivity index (χ4v) is 1.96. The lowest BCUT2D eigenvalue weighted by Gasteiger charge is -2.17. The minimum Gasteiger partial charge on any atom is -0.306 e. The highest BCUT2D eigenvalue weighted by atomic mass is 14.9. The van der Waals surface area contributed by atoms with Crippen molar-refractivity contribution in [1.82, 2.24) is 15.3 Å². The summed E-state index contributed by atoms with van der Waals surface area (Å²) in [6, 6.07) is 9.08. The van der Waals surface area contributed by atoms with Gasteiger partial charge in [0, 0.05) is 30.5 Å². The van der Waals surface area contributed by atoms with Crippen molar-refractivity contribution < 1.29 is 0 Å². The first-order chi connectivity index (χ1) is 8.79. The molecule has 2 rings (SSSR count). The van der Waals surface area contributed by atoms with Crippen LogP contribution in [0.2, 0.25) is 0 Å². The van der Waals surface area contributed by atoms with Crippen LogP contribution in [0.4, 0.5) is 0 Å². The van der Waals surface area contributed by atoms with Crippen LogP contribution < -0.4 is 5.32 Å². The molecule has 1 heterocycles. The van der Waals surface area contributed by atoms with Gasteiger partial charge in [-0.25, -0.2) is 9.97 Å². The zero-order valence-corrected chi connectivity index (χ0v) is 10.9. The van der Waals surface area contributed by atoms with Crippen LogP contribution in [0, 0.1) is 6.92 Å². The third-order valence-electron chi connectivity index (χ3n) is 3.05. The third-order valence-corrected chi connectivity index (χ3v) is 3.05. The number of nitrogens with zero attached hydrogens (tertiary/aromatic N) is 2. The van der Waals surface area contributed by atoms with Gasteiger partial charge in [0.05, 0.1) is 0 Å². The van der Waals surface area contributed by atoms with Crippen molar-refractivity contribution in [2.24, 2.45) is 0 Å². The molecule has 0 aliphatic rings. The van der Waals surface area contributed by atoms with Crippen LogP contribution in [-0.2, 0) is 6.54 Å². The van der Waals surface area contributed by atoms with Gasteiger partial charge in [-0.05, 0) is 18.9 Å². The molecule has 1 aromatic heterocycles. The minimum atomic E-state index is 0.380. The smallest absolute Gasteiger partial charge is 0.115 e. The third kappa shape index (κ3) is 3.37. The van der Waals surface area contributed by atoms with Crippen molar-refractivity contribution in [3.8, 4) is 0 Å². The van der Waals surface area contributed by atoms with Gasteiger partial charge in [-0.1, -0.05) is 36.8 Å². The Kier molecular flexibility index (Phi) is 4.42. The zero-order valence-electron chi connectivity index (χ0n) is 10.9. The summed E-state index contributed by atoms with van der Waals surface area (Å²) in [6.45, 7) is 5.10. The van der Waals surface area contributed by atoms with Crippen LogP contribution in [0.3, 0.4) is 0 Å². The second-order valence-electron chi connectivity index (χ2n) is 4.50. The van der Waals surface area contributed by atoms with E-state index in [9.17, 15) is 0 Å². The van der Waals surface area contributed by atoms with E-state index in [1.165, 1.54) is 11.1 Å². The summed E-state index contributed by atoms with van der Waals surface area (Å²) < 4.78 is 0. The van der Waals surface area contributed by atoms with Gasteiger partial charge in [0.25, 0.3) is 0 Å². The van der Waals surface area contributed by atoms with Crippen LogP contribution in [-0.4, -0.2) is 9.97 Å². The first-order valence-corrected chi connectivity index (χ1v) is 6.33. The summed E-state index contributed by atoms with van der Waals surface area (Å²) >= 11 is 0. The molecule has 0 radical (unpaired) electrons. The maximum absolute atomic E-state index is 4.02. The quantitative estimate of drug-likeness (QED) is 0.874. The molecule has 2 aromatic rings. The number of benzene rings is 1. The van der Waals surface area contributed by atoms with E-state index in [2.05, 4.69) is 53.4 Å². The van der Waals surface area contributed by atoms with Gasteiger partial charge >= 0.3 is 0 Å². The van der Waals surface area contributed by atoms with Crippen molar-refractivity contribution in [1.29, 1.82) is 0 Å². The Morgan fingerprint density at radius 1 is 1.11 bits per heavy atom. The number of hydrogen-bond donors (Lipinski definition) is 1. The SMILES string of the molecule is CCC(NCc1cncnc1)c1ccc(C)cc1. The van der Waals surface area contributed by atoms with Gasteiger partial charge in [0.15, 0.2) is 0 Å². The molecule has 0 fully saturated rings. The fourth-order valence-electron chi connectivity index (χ4n) is 1.96. The van der Waals surface area contributed by atoms with Crippen molar-refractivity contribution >= 4 is 0 Å². The molecule has 0 saturated heterocycles. The molecule has 18 heavy (non-hydrogen) atoms. The van der Waals surface area contributed by atoms with Gasteiger partial charge < -0.3 is 5.32 Å². The van der Waals surface area contributed by atoms with E-state index >= 15 is 0 Å². The molecule has 0 saturated carbocycles. The predicted octanol–water partition coefficient (Wildman–Crippen LogP) is 3.03. The van der Waals surface area contributed by atoms with E-state index in [1.807, 2.05) is 12.4 Å². The van der Waals surface area contributed by atoms with Crippen LogP contribution in [0.25, 0.3) is 0 Å². The molecule has 0 aliphatic heterocycles. The maximum Gasteiger partial charge on any atom is 0.115 e. The van der Waals surface area contributed by atoms with Crippen molar-refractivity contribution in [3.63, 3.8) is 0 Å². The van der Waals surface area contributed by atoms with Gasteiger partial charge in [-0.3, -0.25) is 0 Å². The van der Waals surface area contributed by atoms with Gasteiger partial charge in [-0.2, -0.15) is 0 Å². The predicted molar refractivity (Wildman–Crippen MR) is 73.1 cm³/mol. The Labute approximate surface area is 108 Å². The average Bonchev–Trinajstić information content (AvgIpc) is 2.42. The average molecular weight is 241 g/mol. The second kappa shape index (κ2) is 6.26. The second-order valence-corrected chi connectivity index (χ2v) is 4.50. The van der Waals surface area contributed by atoms with Crippen LogP contribution in [0.5, 0.6) is 0 Å². The van der Waals surface area contributed by atoms with E-state index in [0.29, 0.717) is 6.04 Å². The van der Waals surface area contributed by atoms with E-state index in [4.69, 9.17) is 0 Å². The van der Waals surface area contributed by atoms with E-state index in [-0.39, 0.29) is 0 Å². The normalized spacial score (nSPS) is 12.3. The number of rotatable bonds is 5. The summed E-state index contributed by atoms with van der Waals surface area (Å²) in [5.74, 6) is 0. The number of nitrogens with one attached hydrogen (secondary N) is 1. The lowest BCUT2D eigenvalue weighted by molar-refractivity contribution is 0.517. The van der Waals surface area contributed by atoms with E-state index in [1.54, 1.807) is 6.33 Å². The highest BCUT2D eigenvalue weighted by Crippen LogP contribution is 2.17. The first kappa shape index (κ1) is 12.7. The molecular weight excluding hydrogens is 222 g/mol. The van der Waals surface area contributed by atoms with E-state index in [0.717, 1.165) is 18.5 Å². The molecule has 3 heteroatoms. The van der Waals surface area contributed by atoms with Gasteiger partial charge in [-0.15, -0.1) is 0 Å². The first-order valence-electron chi connectivity index (χ1n) is 6.33. The fraction of sp³-hybridized carbons (Fsp3) is 0.333. The molecule has 0 aliphatic carbocycles.